The number of rotatable bonds is 1. The molecule has 0 heterocycles. The first-order valence-electron chi connectivity index (χ1n) is 5.09. The number of nitrogens with two attached hydrogens (primary N) is 1. The molecule has 0 rings (SSSR count). The normalized spacial score (nSPS) is 5.67. The van der Waals surface area contributed by atoms with Gasteiger partial charge in [0.15, 0.2) is 0 Å². The van der Waals surface area contributed by atoms with Gasteiger partial charge < -0.3 is 54.4 Å². The molecule has 0 saturated heterocycles. The Kier molecular flexibility index (Phi) is 268. The zero-order valence-corrected chi connectivity index (χ0v) is 13.8. The third-order valence-corrected chi connectivity index (χ3v) is 0.204. The van der Waals surface area contributed by atoms with Crippen LogP contribution < -0.4 is 5.73 Å². The summed E-state index contributed by atoms with van der Waals surface area (Å²) < 4.78 is 0. The van der Waals surface area contributed by atoms with Crippen LogP contribution in [-0.2, 0) is 21.7 Å². The van der Waals surface area contributed by atoms with E-state index in [0.717, 1.165) is 6.42 Å². The number of hydrogen-bond acceptors (Lipinski definition) is 5. The minimum atomic E-state index is 0. The Labute approximate surface area is 129 Å². The molecule has 6 N–H and O–H groups in total. The molecule has 0 aromatic rings. The van der Waals surface area contributed by atoms with E-state index >= 15 is 0 Å². The van der Waals surface area contributed by atoms with Crippen LogP contribution in [0.2, 0.25) is 0 Å². The smallest absolute Gasteiger partial charge is 0.428 e. The van der Waals surface area contributed by atoms with Crippen LogP contribution in [0.25, 0.3) is 0 Å². The van der Waals surface area contributed by atoms with Crippen LogP contribution in [-0.4, -0.2) is 53.4 Å². The number of aliphatic hydroxyl groups excluding tert-OH is 4. The Morgan fingerprint density at radius 1 is 0.833 bits per heavy atom. The first-order chi connectivity index (χ1) is 7.57. The fourth-order valence-electron chi connectivity index (χ4n) is 0. The SMILES string of the molecule is CCO.CCO.[CH2-]CCN.[CH2-]CO.[CH2-]CO.[CH3-].[Ti+4]. The number of hydrogen-bond donors (Lipinski definition) is 5. The summed E-state index contributed by atoms with van der Waals surface area (Å²) in [4.78, 5) is 0. The Morgan fingerprint density at radius 3 is 0.889 bits per heavy atom. The Morgan fingerprint density at radius 2 is 0.889 bits per heavy atom. The maximum absolute atomic E-state index is 7.57. The molecule has 0 atom stereocenters. The molecule has 0 aromatic carbocycles. The van der Waals surface area contributed by atoms with Gasteiger partial charge in [-0.15, -0.1) is 0 Å². The van der Waals surface area contributed by atoms with Gasteiger partial charge in [0.05, 0.1) is 0 Å². The van der Waals surface area contributed by atoms with E-state index in [-0.39, 0.29) is 55.6 Å². The predicted molar refractivity (Wildman–Crippen MR) is 75.8 cm³/mol. The minimum absolute atomic E-state index is 0. The van der Waals surface area contributed by atoms with Crippen LogP contribution in [0.15, 0.2) is 0 Å². The van der Waals surface area contributed by atoms with Crippen LogP contribution in [0.4, 0.5) is 0 Å². The third-order valence-electron chi connectivity index (χ3n) is 0.204. The molecular formula is C12H33NO4Ti. The summed E-state index contributed by atoms with van der Waals surface area (Å²) >= 11 is 0. The molecular weight excluding hydrogens is 270 g/mol. The van der Waals surface area contributed by atoms with Crippen molar-refractivity contribution in [3.05, 3.63) is 28.2 Å². The van der Waals surface area contributed by atoms with Crippen molar-refractivity contribution < 1.29 is 42.1 Å². The van der Waals surface area contributed by atoms with Crippen LogP contribution in [0, 0.1) is 28.2 Å². The Balaban J connectivity index is -0.0000000164. The van der Waals surface area contributed by atoms with Crippen LogP contribution in [0.3, 0.4) is 0 Å². The first kappa shape index (κ1) is 42.8. The summed E-state index contributed by atoms with van der Waals surface area (Å²) in [5, 5.41) is 30.1. The summed E-state index contributed by atoms with van der Waals surface area (Å²) in [7, 11) is 0. The average molecular weight is 303 g/mol. The molecule has 0 radical (unpaired) electrons. The molecule has 0 aromatic heterocycles. The van der Waals surface area contributed by atoms with Gasteiger partial charge in [-0.1, -0.05) is 13.2 Å². The fourth-order valence-corrected chi connectivity index (χ4v) is 0. The topological polar surface area (TPSA) is 107 Å². The molecule has 0 unspecified atom stereocenters. The van der Waals surface area contributed by atoms with Gasteiger partial charge in [0, 0.05) is 13.2 Å². The van der Waals surface area contributed by atoms with Crippen molar-refractivity contribution in [3.8, 4) is 0 Å². The molecule has 0 aliphatic carbocycles. The molecule has 0 spiro atoms. The standard InChI is InChI=1S/C3H8N.2C2H6O.2C2H5O.CH3.Ti/c1-2-3-4;4*1-2-3;;/h1-4H2;2*3H,2H2,1H3;2*3H,1-2H2;1H3;/q-1;;;3*-1;+4. The van der Waals surface area contributed by atoms with Gasteiger partial charge in [-0.2, -0.15) is 6.42 Å². The molecule has 114 valence electrons. The first-order valence-corrected chi connectivity index (χ1v) is 5.09. The predicted octanol–water partition coefficient (Wildman–Crippen LogP) is 0.240. The zero-order chi connectivity index (χ0) is 14.2. The fraction of sp³-hybridized carbons (Fsp3) is 0.667. The Bertz CT molecular complexity index is 45.1. The van der Waals surface area contributed by atoms with Crippen molar-refractivity contribution >= 4 is 0 Å². The van der Waals surface area contributed by atoms with Crippen molar-refractivity contribution in [2.45, 2.75) is 20.3 Å². The minimum Gasteiger partial charge on any atom is -0.428 e. The second-order valence-electron chi connectivity index (χ2n) is 1.72. The van der Waals surface area contributed by atoms with E-state index in [1.807, 2.05) is 0 Å². The molecule has 0 amide bonds. The molecule has 0 aliphatic rings. The van der Waals surface area contributed by atoms with Gasteiger partial charge in [0.1, 0.15) is 0 Å². The van der Waals surface area contributed by atoms with E-state index in [4.69, 9.17) is 26.2 Å². The van der Waals surface area contributed by atoms with Gasteiger partial charge in [-0.3, -0.25) is 0 Å². The van der Waals surface area contributed by atoms with E-state index in [9.17, 15) is 0 Å². The maximum Gasteiger partial charge on any atom is 4.00 e. The molecule has 6 heteroatoms. The molecule has 0 saturated carbocycles. The van der Waals surface area contributed by atoms with E-state index in [0.29, 0.717) is 6.54 Å². The van der Waals surface area contributed by atoms with Crippen LogP contribution in [0.1, 0.15) is 20.3 Å². The third kappa shape index (κ3) is 1730. The largest absolute Gasteiger partial charge is 4.00 e. The average Bonchev–Trinajstić information content (AvgIpc) is 2.22. The van der Waals surface area contributed by atoms with Crippen LogP contribution >= 0.6 is 0 Å². The van der Waals surface area contributed by atoms with Crippen molar-refractivity contribution in [1.29, 1.82) is 0 Å². The van der Waals surface area contributed by atoms with Gasteiger partial charge >= 0.3 is 21.7 Å². The second kappa shape index (κ2) is 113. The monoisotopic (exact) mass is 303 g/mol. The van der Waals surface area contributed by atoms with Crippen molar-refractivity contribution in [2.24, 2.45) is 5.73 Å². The molecule has 5 nitrogen and oxygen atoms in total. The maximum atomic E-state index is 7.57. The van der Waals surface area contributed by atoms with E-state index in [2.05, 4.69) is 20.8 Å². The van der Waals surface area contributed by atoms with Crippen molar-refractivity contribution in [2.75, 3.05) is 33.0 Å². The zero-order valence-electron chi connectivity index (χ0n) is 12.2. The van der Waals surface area contributed by atoms with E-state index in [1.165, 1.54) is 0 Å². The van der Waals surface area contributed by atoms with E-state index < -0.39 is 0 Å². The number of aliphatic hydroxyl groups is 4. The summed E-state index contributed by atoms with van der Waals surface area (Å²) in [6.07, 6.45) is 0.847. The van der Waals surface area contributed by atoms with Gasteiger partial charge in [-0.25, -0.2) is 0 Å². The van der Waals surface area contributed by atoms with E-state index in [1.54, 1.807) is 13.8 Å². The van der Waals surface area contributed by atoms with Crippen molar-refractivity contribution in [1.82, 2.24) is 0 Å². The molecule has 0 aliphatic heterocycles. The quantitative estimate of drug-likeness (QED) is 0.352. The second-order valence-corrected chi connectivity index (χ2v) is 1.72. The summed E-state index contributed by atoms with van der Waals surface area (Å²) in [6.45, 7) is 14.1. The summed E-state index contributed by atoms with van der Waals surface area (Å²) in [5.74, 6) is 0. The molecule has 18 heavy (non-hydrogen) atoms. The Hall–Kier alpha value is 0.514. The van der Waals surface area contributed by atoms with Crippen molar-refractivity contribution in [3.63, 3.8) is 0 Å². The summed E-state index contributed by atoms with van der Waals surface area (Å²) in [6, 6.07) is 0. The molecule has 0 fully saturated rings. The van der Waals surface area contributed by atoms with Gasteiger partial charge in [0.25, 0.3) is 0 Å². The summed E-state index contributed by atoms with van der Waals surface area (Å²) in [5.41, 5.74) is 4.97. The van der Waals surface area contributed by atoms with Gasteiger partial charge in [0.2, 0.25) is 0 Å². The van der Waals surface area contributed by atoms with Gasteiger partial charge in [-0.05, 0) is 20.4 Å². The molecule has 0 bridgehead atoms. The van der Waals surface area contributed by atoms with Crippen LogP contribution in [0.5, 0.6) is 0 Å².